The minimum absolute atomic E-state index is 1.25. The van der Waals surface area contributed by atoms with Crippen molar-refractivity contribution in [2.24, 2.45) is 0 Å². The van der Waals surface area contributed by atoms with E-state index in [-0.39, 0.29) is 0 Å². The highest BCUT2D eigenvalue weighted by atomic mass is 14.6. The largest absolute Gasteiger partial charge is 0.265 e. The molecule has 10 heavy (non-hydrogen) atoms. The molecule has 1 aromatic heterocycles. The quantitative estimate of drug-likeness (QED) is 0.565. The third kappa shape index (κ3) is 0.760. The lowest BCUT2D eigenvalue weighted by Gasteiger charge is -2.05. The molecule has 1 nitrogen and oxygen atoms in total. The second-order valence-electron chi connectivity index (χ2n) is 2.22. The van der Waals surface area contributed by atoms with Crippen molar-refractivity contribution in [1.82, 2.24) is 4.98 Å². The van der Waals surface area contributed by atoms with Crippen LogP contribution in [0.2, 0.25) is 0 Å². The Bertz CT molecular complexity index is 283. The number of pyridine rings is 1. The first kappa shape index (κ1) is 5.42. The van der Waals surface area contributed by atoms with Crippen molar-refractivity contribution < 1.29 is 0 Å². The van der Waals surface area contributed by atoms with Gasteiger partial charge in [-0.1, -0.05) is 18.2 Å². The number of allylic oxidation sites excluding steroid dienone is 4. The number of hydrogen-bond donors (Lipinski definition) is 0. The molecule has 0 fully saturated rings. The van der Waals surface area contributed by atoms with Crippen LogP contribution in [0, 0.1) is 0 Å². The fourth-order valence-corrected chi connectivity index (χ4v) is 0.929. The van der Waals surface area contributed by atoms with Gasteiger partial charge in [0.15, 0.2) is 0 Å². The van der Waals surface area contributed by atoms with Gasteiger partial charge in [0.05, 0.1) is 0 Å². The van der Waals surface area contributed by atoms with Crippen molar-refractivity contribution in [3.63, 3.8) is 0 Å². The first-order valence-electron chi connectivity index (χ1n) is 3.25. The molecule has 0 radical (unpaired) electrons. The molecule has 1 aliphatic carbocycles. The van der Waals surface area contributed by atoms with Crippen molar-refractivity contribution >= 4 is 5.57 Å². The number of aromatic nitrogens is 1. The van der Waals surface area contributed by atoms with Gasteiger partial charge in [-0.25, -0.2) is 0 Å². The van der Waals surface area contributed by atoms with Gasteiger partial charge in [-0.2, -0.15) is 0 Å². The predicted molar refractivity (Wildman–Crippen MR) is 41.4 cm³/mol. The van der Waals surface area contributed by atoms with Crippen LogP contribution >= 0.6 is 0 Å². The highest BCUT2D eigenvalue weighted by Gasteiger charge is 1.99. The topological polar surface area (TPSA) is 12.9 Å². The van der Waals surface area contributed by atoms with E-state index in [1.165, 1.54) is 11.1 Å². The molecule has 1 heteroatoms. The predicted octanol–water partition coefficient (Wildman–Crippen LogP) is 2.03. The fraction of sp³-hybridized carbons (Fsp3) is 0. The van der Waals surface area contributed by atoms with Gasteiger partial charge < -0.3 is 0 Å². The van der Waals surface area contributed by atoms with E-state index in [9.17, 15) is 0 Å². The fourth-order valence-electron chi connectivity index (χ4n) is 0.929. The molecule has 2 rings (SSSR count). The molecule has 0 spiro atoms. The Morgan fingerprint density at radius 2 is 1.80 bits per heavy atom. The van der Waals surface area contributed by atoms with Gasteiger partial charge in [0.2, 0.25) is 0 Å². The monoisotopic (exact) mass is 129 g/mol. The highest BCUT2D eigenvalue weighted by Crippen LogP contribution is 2.20. The Kier molecular flexibility index (Phi) is 1.14. The molecule has 0 bridgehead atoms. The molecule has 1 aromatic rings. The molecule has 0 saturated carbocycles. The van der Waals surface area contributed by atoms with Gasteiger partial charge >= 0.3 is 0 Å². The van der Waals surface area contributed by atoms with Gasteiger partial charge in [0, 0.05) is 12.4 Å². The number of hydrogen-bond acceptors (Lipinski definition) is 1. The van der Waals surface area contributed by atoms with Crippen LogP contribution in [-0.2, 0) is 0 Å². The Balaban J connectivity index is 2.35. The van der Waals surface area contributed by atoms with Crippen molar-refractivity contribution in [3.05, 3.63) is 48.3 Å². The molecule has 1 aliphatic rings. The summed E-state index contributed by atoms with van der Waals surface area (Å²) in [6.45, 7) is 0. The zero-order valence-electron chi connectivity index (χ0n) is 5.49. The lowest BCUT2D eigenvalue weighted by molar-refractivity contribution is 1.32. The average Bonchev–Trinajstić information content (AvgIpc) is 1.86. The Morgan fingerprint density at radius 3 is 2.30 bits per heavy atom. The summed E-state index contributed by atoms with van der Waals surface area (Å²) in [5.41, 5.74) is 2.54. The maximum atomic E-state index is 3.93. The van der Waals surface area contributed by atoms with Crippen LogP contribution in [-0.4, -0.2) is 4.98 Å². The van der Waals surface area contributed by atoms with Gasteiger partial charge in [-0.3, -0.25) is 4.98 Å². The van der Waals surface area contributed by atoms with Crippen LogP contribution in [0.4, 0.5) is 0 Å². The van der Waals surface area contributed by atoms with Crippen LogP contribution in [0.5, 0.6) is 0 Å². The lowest BCUT2D eigenvalue weighted by atomic mass is 10.0. The number of nitrogens with zero attached hydrogens (tertiary/aromatic N) is 1. The zero-order chi connectivity index (χ0) is 6.81. The zero-order valence-corrected chi connectivity index (χ0v) is 5.49. The van der Waals surface area contributed by atoms with E-state index in [1.807, 2.05) is 30.6 Å². The third-order valence-electron chi connectivity index (χ3n) is 1.57. The summed E-state index contributed by atoms with van der Waals surface area (Å²) < 4.78 is 0. The lowest BCUT2D eigenvalue weighted by Crippen LogP contribution is -1.85. The van der Waals surface area contributed by atoms with Crippen LogP contribution in [0.15, 0.2) is 42.8 Å². The van der Waals surface area contributed by atoms with Crippen LogP contribution in [0.1, 0.15) is 5.56 Å². The molecule has 0 amide bonds. The van der Waals surface area contributed by atoms with Crippen molar-refractivity contribution in [1.29, 1.82) is 0 Å². The Hall–Kier alpha value is -1.37. The van der Waals surface area contributed by atoms with E-state index in [0.717, 1.165) is 0 Å². The molecule has 0 aromatic carbocycles. The molecule has 0 aliphatic heterocycles. The minimum Gasteiger partial charge on any atom is -0.265 e. The summed E-state index contributed by atoms with van der Waals surface area (Å²) in [5.74, 6) is 0. The SMILES string of the molecule is C1=CC(c2ccncc2)=C1. The van der Waals surface area contributed by atoms with Crippen LogP contribution in [0.25, 0.3) is 5.57 Å². The highest BCUT2D eigenvalue weighted by molar-refractivity contribution is 5.80. The molecule has 0 atom stereocenters. The second kappa shape index (κ2) is 2.10. The summed E-state index contributed by atoms with van der Waals surface area (Å²) in [6.07, 6.45) is 9.84. The normalized spacial score (nSPS) is 14.2. The minimum atomic E-state index is 1.25. The van der Waals surface area contributed by atoms with Crippen molar-refractivity contribution in [3.8, 4) is 0 Å². The van der Waals surface area contributed by atoms with Gasteiger partial charge in [0.25, 0.3) is 0 Å². The molecular weight excluding hydrogens is 122 g/mol. The molecule has 0 saturated heterocycles. The van der Waals surface area contributed by atoms with E-state index < -0.39 is 0 Å². The first-order valence-corrected chi connectivity index (χ1v) is 3.25. The van der Waals surface area contributed by atoms with E-state index in [1.54, 1.807) is 0 Å². The van der Waals surface area contributed by atoms with Crippen LogP contribution in [0.3, 0.4) is 0 Å². The summed E-state index contributed by atoms with van der Waals surface area (Å²) in [7, 11) is 0. The van der Waals surface area contributed by atoms with E-state index in [0.29, 0.717) is 0 Å². The van der Waals surface area contributed by atoms with Gasteiger partial charge in [-0.05, 0) is 23.3 Å². The molecule has 0 unspecified atom stereocenters. The second-order valence-corrected chi connectivity index (χ2v) is 2.22. The molecule has 1 heterocycles. The maximum absolute atomic E-state index is 3.93. The first-order chi connectivity index (χ1) is 4.97. The van der Waals surface area contributed by atoms with E-state index >= 15 is 0 Å². The van der Waals surface area contributed by atoms with E-state index in [2.05, 4.69) is 17.1 Å². The summed E-state index contributed by atoms with van der Waals surface area (Å²) >= 11 is 0. The van der Waals surface area contributed by atoms with Crippen molar-refractivity contribution in [2.75, 3.05) is 0 Å². The molecular formula is C9H7N. The third-order valence-corrected chi connectivity index (χ3v) is 1.57. The van der Waals surface area contributed by atoms with Crippen molar-refractivity contribution in [2.45, 2.75) is 0 Å². The van der Waals surface area contributed by atoms with Crippen LogP contribution < -0.4 is 0 Å². The van der Waals surface area contributed by atoms with E-state index in [4.69, 9.17) is 0 Å². The number of rotatable bonds is 1. The Labute approximate surface area is 59.7 Å². The smallest absolute Gasteiger partial charge is 0.0273 e. The average molecular weight is 129 g/mol. The Morgan fingerprint density at radius 1 is 1.10 bits per heavy atom. The van der Waals surface area contributed by atoms with Gasteiger partial charge in [-0.15, -0.1) is 0 Å². The summed E-state index contributed by atoms with van der Waals surface area (Å²) in [4.78, 5) is 3.93. The standard InChI is InChI=1S/C9H7N/c1-2-8(3-1)9-4-6-10-7-5-9/h1-7H. The summed E-state index contributed by atoms with van der Waals surface area (Å²) in [6, 6.07) is 4.02. The molecule has 0 N–H and O–H groups in total. The van der Waals surface area contributed by atoms with Gasteiger partial charge in [0.1, 0.15) is 0 Å². The summed E-state index contributed by atoms with van der Waals surface area (Å²) in [5, 5.41) is 0. The maximum Gasteiger partial charge on any atom is 0.0273 e. The molecule has 48 valence electrons.